The summed E-state index contributed by atoms with van der Waals surface area (Å²) in [4.78, 5) is 4.29. The van der Waals surface area contributed by atoms with Gasteiger partial charge in [-0.2, -0.15) is 5.10 Å². The Bertz CT molecular complexity index is 386. The van der Waals surface area contributed by atoms with Crippen molar-refractivity contribution in [1.29, 1.82) is 0 Å². The third-order valence-electron chi connectivity index (χ3n) is 1.50. The molecule has 0 fully saturated rings. The van der Waals surface area contributed by atoms with E-state index in [2.05, 4.69) is 10.1 Å². The van der Waals surface area contributed by atoms with Gasteiger partial charge in [0.1, 0.15) is 5.01 Å². The third kappa shape index (κ3) is 1.16. The summed E-state index contributed by atoms with van der Waals surface area (Å²) in [6, 6.07) is 7.95. The molecule has 60 valence electrons. The van der Waals surface area contributed by atoms with Gasteiger partial charge in [0, 0.05) is 0 Å². The van der Waals surface area contributed by atoms with Crippen molar-refractivity contribution in [3.8, 4) is 0 Å². The fourth-order valence-corrected chi connectivity index (χ4v) is 1.86. The third-order valence-corrected chi connectivity index (χ3v) is 2.47. The highest BCUT2D eigenvalue weighted by atomic mass is 32.1. The van der Waals surface area contributed by atoms with Gasteiger partial charge in [-0.15, -0.1) is 11.3 Å². The van der Waals surface area contributed by atoms with Crippen LogP contribution >= 0.6 is 11.3 Å². The van der Waals surface area contributed by atoms with Crippen molar-refractivity contribution in [1.82, 2.24) is 4.98 Å². The van der Waals surface area contributed by atoms with E-state index in [1.54, 1.807) is 17.6 Å². The number of nitrogens with two attached hydrogens (primary N) is 1. The summed E-state index contributed by atoms with van der Waals surface area (Å²) in [6.07, 6.45) is 1.56. The van der Waals surface area contributed by atoms with Crippen LogP contribution in [-0.4, -0.2) is 11.2 Å². The lowest BCUT2D eigenvalue weighted by Crippen LogP contribution is -1.83. The molecule has 4 heteroatoms. The molecule has 0 saturated carbocycles. The van der Waals surface area contributed by atoms with Crippen LogP contribution < -0.4 is 5.84 Å². The molecule has 0 aliphatic rings. The van der Waals surface area contributed by atoms with Crippen LogP contribution in [0.5, 0.6) is 0 Å². The quantitative estimate of drug-likeness (QED) is 0.408. The van der Waals surface area contributed by atoms with Crippen LogP contribution in [-0.2, 0) is 0 Å². The molecule has 0 bridgehead atoms. The molecule has 0 amide bonds. The molecule has 0 saturated heterocycles. The number of thiazole rings is 1. The van der Waals surface area contributed by atoms with Gasteiger partial charge in [-0.25, -0.2) is 4.98 Å². The molecule has 0 unspecified atom stereocenters. The van der Waals surface area contributed by atoms with Crippen LogP contribution in [0.25, 0.3) is 10.2 Å². The highest BCUT2D eigenvalue weighted by Gasteiger charge is 1.98. The van der Waals surface area contributed by atoms with Crippen molar-refractivity contribution in [2.45, 2.75) is 0 Å². The number of fused-ring (bicyclic) bond motifs is 1. The molecule has 2 rings (SSSR count). The molecule has 2 aromatic rings. The smallest absolute Gasteiger partial charge is 0.137 e. The number of nitrogens with zero attached hydrogens (tertiary/aromatic N) is 2. The van der Waals surface area contributed by atoms with Crippen molar-refractivity contribution >= 4 is 27.8 Å². The summed E-state index contributed by atoms with van der Waals surface area (Å²) >= 11 is 1.58. The van der Waals surface area contributed by atoms with Crippen molar-refractivity contribution < 1.29 is 0 Å². The van der Waals surface area contributed by atoms with Gasteiger partial charge >= 0.3 is 0 Å². The molecular weight excluding hydrogens is 170 g/mol. The average molecular weight is 177 g/mol. The van der Waals surface area contributed by atoms with Crippen LogP contribution in [0.4, 0.5) is 0 Å². The van der Waals surface area contributed by atoms with Crippen LogP contribution in [0.15, 0.2) is 29.4 Å². The van der Waals surface area contributed by atoms with E-state index in [1.165, 1.54) is 0 Å². The highest BCUT2D eigenvalue weighted by Crippen LogP contribution is 2.19. The SMILES string of the molecule is NN=Cc1nc2ccccc2s1. The molecule has 0 aliphatic heterocycles. The van der Waals surface area contributed by atoms with Crippen LogP contribution in [0.1, 0.15) is 5.01 Å². The summed E-state index contributed by atoms with van der Waals surface area (Å²) < 4.78 is 1.16. The van der Waals surface area contributed by atoms with Gasteiger partial charge in [0.25, 0.3) is 0 Å². The number of hydrazone groups is 1. The van der Waals surface area contributed by atoms with Gasteiger partial charge in [0.2, 0.25) is 0 Å². The largest absolute Gasteiger partial charge is 0.323 e. The van der Waals surface area contributed by atoms with Crippen LogP contribution in [0, 0.1) is 0 Å². The second-order valence-electron chi connectivity index (χ2n) is 2.30. The van der Waals surface area contributed by atoms with E-state index >= 15 is 0 Å². The summed E-state index contributed by atoms with van der Waals surface area (Å²) in [5, 5.41) is 4.27. The van der Waals surface area contributed by atoms with Crippen molar-refractivity contribution in [3.63, 3.8) is 0 Å². The first-order valence-corrected chi connectivity index (χ1v) is 4.30. The maximum Gasteiger partial charge on any atom is 0.137 e. The van der Waals surface area contributed by atoms with E-state index in [4.69, 9.17) is 5.84 Å². The van der Waals surface area contributed by atoms with E-state index in [-0.39, 0.29) is 0 Å². The number of rotatable bonds is 1. The minimum absolute atomic E-state index is 0.846. The Hall–Kier alpha value is -1.42. The predicted octanol–water partition coefficient (Wildman–Crippen LogP) is 1.59. The lowest BCUT2D eigenvalue weighted by molar-refractivity contribution is 1.26. The van der Waals surface area contributed by atoms with Gasteiger partial charge in [-0.3, -0.25) is 0 Å². The first-order valence-electron chi connectivity index (χ1n) is 3.49. The fraction of sp³-hybridized carbons (Fsp3) is 0. The predicted molar refractivity (Wildman–Crippen MR) is 51.4 cm³/mol. The van der Waals surface area contributed by atoms with Gasteiger partial charge in [0.05, 0.1) is 16.4 Å². The van der Waals surface area contributed by atoms with Gasteiger partial charge in [0.15, 0.2) is 0 Å². The molecule has 0 spiro atoms. The molecule has 0 atom stereocenters. The molecule has 0 aliphatic carbocycles. The maximum atomic E-state index is 5.02. The highest BCUT2D eigenvalue weighted by molar-refractivity contribution is 7.20. The van der Waals surface area contributed by atoms with Gasteiger partial charge in [-0.1, -0.05) is 12.1 Å². The molecule has 2 N–H and O–H groups in total. The Morgan fingerprint density at radius 1 is 1.42 bits per heavy atom. The van der Waals surface area contributed by atoms with Gasteiger partial charge < -0.3 is 5.84 Å². The first kappa shape index (κ1) is 7.24. The molecule has 0 radical (unpaired) electrons. The number of benzene rings is 1. The summed E-state index contributed by atoms with van der Waals surface area (Å²) in [6.45, 7) is 0. The second-order valence-corrected chi connectivity index (χ2v) is 3.36. The van der Waals surface area contributed by atoms with E-state index in [1.807, 2.05) is 24.3 Å². The summed E-state index contributed by atoms with van der Waals surface area (Å²) in [5.74, 6) is 5.02. The zero-order chi connectivity index (χ0) is 8.39. The van der Waals surface area contributed by atoms with E-state index in [0.29, 0.717) is 0 Å². The minimum atomic E-state index is 0.846. The van der Waals surface area contributed by atoms with E-state index in [0.717, 1.165) is 15.2 Å². The first-order chi connectivity index (χ1) is 5.90. The Morgan fingerprint density at radius 3 is 3.00 bits per heavy atom. The topological polar surface area (TPSA) is 51.3 Å². The number of aromatic nitrogens is 1. The minimum Gasteiger partial charge on any atom is -0.323 e. The molecule has 1 aromatic carbocycles. The van der Waals surface area contributed by atoms with Crippen molar-refractivity contribution in [2.24, 2.45) is 10.9 Å². The van der Waals surface area contributed by atoms with E-state index in [9.17, 15) is 0 Å². The fourth-order valence-electron chi connectivity index (χ4n) is 1.01. The Kier molecular flexibility index (Phi) is 1.75. The van der Waals surface area contributed by atoms with Crippen molar-refractivity contribution in [3.05, 3.63) is 29.3 Å². The molecule has 1 aromatic heterocycles. The molecular formula is C8H7N3S. The normalized spacial score (nSPS) is 11.3. The van der Waals surface area contributed by atoms with Gasteiger partial charge in [-0.05, 0) is 12.1 Å². The average Bonchev–Trinajstić information content (AvgIpc) is 2.47. The standard InChI is InChI=1S/C8H7N3S/c9-10-5-8-11-6-3-1-2-4-7(6)12-8/h1-5H,9H2. The summed E-state index contributed by atoms with van der Waals surface area (Å²) in [5.41, 5.74) is 0.998. The zero-order valence-electron chi connectivity index (χ0n) is 6.27. The summed E-state index contributed by atoms with van der Waals surface area (Å²) in [7, 11) is 0. The lowest BCUT2D eigenvalue weighted by atomic mass is 10.3. The molecule has 12 heavy (non-hydrogen) atoms. The second kappa shape index (κ2) is 2.91. The Balaban J connectivity index is 2.62. The lowest BCUT2D eigenvalue weighted by Gasteiger charge is -1.80. The molecule has 3 nitrogen and oxygen atoms in total. The van der Waals surface area contributed by atoms with Crippen molar-refractivity contribution in [2.75, 3.05) is 0 Å². The molecule has 1 heterocycles. The van der Waals surface area contributed by atoms with E-state index < -0.39 is 0 Å². The Labute approximate surface area is 73.5 Å². The Morgan fingerprint density at radius 2 is 2.25 bits per heavy atom. The van der Waals surface area contributed by atoms with Crippen LogP contribution in [0.2, 0.25) is 0 Å². The number of hydrogen-bond acceptors (Lipinski definition) is 4. The number of para-hydroxylation sites is 1. The number of hydrogen-bond donors (Lipinski definition) is 1. The zero-order valence-corrected chi connectivity index (χ0v) is 7.08. The monoisotopic (exact) mass is 177 g/mol. The maximum absolute atomic E-state index is 5.02. The van der Waals surface area contributed by atoms with Crippen LogP contribution in [0.3, 0.4) is 0 Å².